The van der Waals surface area contributed by atoms with Gasteiger partial charge in [0.15, 0.2) is 0 Å². The minimum atomic E-state index is 0.212. The topological polar surface area (TPSA) is 0 Å². The van der Waals surface area contributed by atoms with Gasteiger partial charge in [0, 0.05) is 9.79 Å². The molecule has 0 amide bonds. The molecule has 0 aliphatic carbocycles. The first kappa shape index (κ1) is 14.0. The highest BCUT2D eigenvalue weighted by Crippen LogP contribution is 2.31. The van der Waals surface area contributed by atoms with Gasteiger partial charge in [-0.1, -0.05) is 40.2 Å². The van der Waals surface area contributed by atoms with Crippen molar-refractivity contribution in [3.63, 3.8) is 0 Å². The van der Waals surface area contributed by atoms with E-state index in [-0.39, 0.29) is 5.41 Å². The molecule has 0 N–H and O–H groups in total. The van der Waals surface area contributed by atoms with Gasteiger partial charge in [-0.25, -0.2) is 0 Å². The quantitative estimate of drug-likeness (QED) is 0.439. The Bertz CT molecular complexity index is 337. The molecule has 0 bridgehead atoms. The third kappa shape index (κ3) is 4.06. The molecule has 0 aliphatic rings. The average Bonchev–Trinajstić information content (AvgIpc) is 2.19. The first-order valence-electron chi connectivity index (χ1n) is 5.91. The zero-order valence-electron chi connectivity index (χ0n) is 10.7. The van der Waals surface area contributed by atoms with Crippen molar-refractivity contribution in [3.8, 4) is 0 Å². The molecule has 0 nitrogen and oxygen atoms in total. The summed E-state index contributed by atoms with van der Waals surface area (Å²) in [7, 11) is 0. The number of thioether (sulfide) groups is 1. The van der Waals surface area contributed by atoms with E-state index in [1.807, 2.05) is 11.8 Å². The van der Waals surface area contributed by atoms with Crippen LogP contribution in [0.5, 0.6) is 0 Å². The lowest BCUT2D eigenvalue weighted by atomic mass is 9.87. The number of rotatable bonds is 4. The zero-order valence-corrected chi connectivity index (χ0v) is 12.4. The Morgan fingerprint density at radius 2 is 1.94 bits per heavy atom. The van der Waals surface area contributed by atoms with Crippen LogP contribution in [0.2, 0.25) is 0 Å². The Balaban J connectivity index is 2.76. The van der Waals surface area contributed by atoms with Gasteiger partial charge in [0.25, 0.3) is 0 Å². The fourth-order valence-corrected chi connectivity index (χ4v) is 2.86. The van der Waals surface area contributed by atoms with Crippen LogP contribution in [-0.4, -0.2) is 5.75 Å². The molecule has 0 spiro atoms. The van der Waals surface area contributed by atoms with E-state index < -0.39 is 0 Å². The standard InChI is InChI=1S/C14H22S2/c1-5-6-9-16-13-8-7-11(10-12(13)15)14(2,3)4/h7-8,10,15H,5-6,9H2,1-4H3. The van der Waals surface area contributed by atoms with Crippen molar-refractivity contribution in [1.82, 2.24) is 0 Å². The van der Waals surface area contributed by atoms with Crippen molar-refractivity contribution in [2.24, 2.45) is 0 Å². The third-order valence-electron chi connectivity index (χ3n) is 2.58. The summed E-state index contributed by atoms with van der Waals surface area (Å²) < 4.78 is 0. The summed E-state index contributed by atoms with van der Waals surface area (Å²) in [5, 5.41) is 0. The van der Waals surface area contributed by atoms with Crippen LogP contribution in [0.3, 0.4) is 0 Å². The number of hydrogen-bond donors (Lipinski definition) is 1. The minimum Gasteiger partial charge on any atom is -0.142 e. The van der Waals surface area contributed by atoms with Crippen LogP contribution in [0.15, 0.2) is 28.0 Å². The second kappa shape index (κ2) is 6.02. The molecule has 16 heavy (non-hydrogen) atoms. The van der Waals surface area contributed by atoms with E-state index in [1.54, 1.807) is 0 Å². The Labute approximate surface area is 110 Å². The predicted molar refractivity (Wildman–Crippen MR) is 78.0 cm³/mol. The van der Waals surface area contributed by atoms with Crippen molar-refractivity contribution < 1.29 is 0 Å². The molecule has 0 aliphatic heterocycles. The monoisotopic (exact) mass is 254 g/mol. The van der Waals surface area contributed by atoms with Gasteiger partial charge in [-0.15, -0.1) is 24.4 Å². The summed E-state index contributed by atoms with van der Waals surface area (Å²) in [6.07, 6.45) is 2.54. The lowest BCUT2D eigenvalue weighted by molar-refractivity contribution is 0.587. The van der Waals surface area contributed by atoms with Crippen LogP contribution in [0, 0.1) is 0 Å². The highest BCUT2D eigenvalue weighted by molar-refractivity contribution is 7.99. The van der Waals surface area contributed by atoms with Gasteiger partial charge in [-0.2, -0.15) is 0 Å². The lowest BCUT2D eigenvalue weighted by Crippen LogP contribution is -2.10. The maximum atomic E-state index is 4.58. The van der Waals surface area contributed by atoms with Crippen molar-refractivity contribution >= 4 is 24.4 Å². The fraction of sp³-hybridized carbons (Fsp3) is 0.571. The van der Waals surface area contributed by atoms with Crippen LogP contribution in [0.25, 0.3) is 0 Å². The van der Waals surface area contributed by atoms with E-state index in [1.165, 1.54) is 29.1 Å². The predicted octanol–water partition coefficient (Wildman–Crippen LogP) is 5.17. The SMILES string of the molecule is CCCCSc1ccc(C(C)(C)C)cc1S. The second-order valence-corrected chi connectivity index (χ2v) is 6.75. The Morgan fingerprint density at radius 1 is 1.25 bits per heavy atom. The number of benzene rings is 1. The van der Waals surface area contributed by atoms with Crippen LogP contribution in [-0.2, 0) is 5.41 Å². The molecule has 0 unspecified atom stereocenters. The number of thiol groups is 1. The molecular formula is C14H22S2. The zero-order chi connectivity index (χ0) is 12.2. The van der Waals surface area contributed by atoms with Crippen LogP contribution in [0.4, 0.5) is 0 Å². The molecule has 90 valence electrons. The van der Waals surface area contributed by atoms with Crippen molar-refractivity contribution in [2.45, 2.75) is 55.7 Å². The third-order valence-corrected chi connectivity index (χ3v) is 4.26. The van der Waals surface area contributed by atoms with E-state index in [2.05, 4.69) is 58.5 Å². The molecule has 1 aromatic carbocycles. The first-order chi connectivity index (χ1) is 7.45. The summed E-state index contributed by atoms with van der Waals surface area (Å²) in [5.74, 6) is 1.19. The van der Waals surface area contributed by atoms with Gasteiger partial charge in [0.05, 0.1) is 0 Å². The molecule has 0 saturated heterocycles. The second-order valence-electron chi connectivity index (χ2n) is 5.13. The van der Waals surface area contributed by atoms with Gasteiger partial charge in [0.1, 0.15) is 0 Å². The van der Waals surface area contributed by atoms with Crippen molar-refractivity contribution in [3.05, 3.63) is 23.8 Å². The Morgan fingerprint density at radius 3 is 2.44 bits per heavy atom. The molecule has 1 aromatic rings. The summed E-state index contributed by atoms with van der Waals surface area (Å²) in [4.78, 5) is 2.43. The molecule has 0 saturated carbocycles. The van der Waals surface area contributed by atoms with Gasteiger partial charge in [-0.05, 0) is 35.3 Å². The highest BCUT2D eigenvalue weighted by Gasteiger charge is 2.14. The summed E-state index contributed by atoms with van der Waals surface area (Å²) in [6.45, 7) is 8.93. The molecule has 0 atom stereocenters. The van der Waals surface area contributed by atoms with E-state index in [4.69, 9.17) is 0 Å². The maximum Gasteiger partial charge on any atom is 0.0206 e. The number of unbranched alkanes of at least 4 members (excludes halogenated alkanes) is 1. The van der Waals surface area contributed by atoms with E-state index in [0.29, 0.717) is 0 Å². The number of hydrogen-bond acceptors (Lipinski definition) is 2. The molecule has 0 radical (unpaired) electrons. The summed E-state index contributed by atoms with van der Waals surface area (Å²) in [6, 6.07) is 6.65. The van der Waals surface area contributed by atoms with Crippen LogP contribution >= 0.6 is 24.4 Å². The summed E-state index contributed by atoms with van der Waals surface area (Å²) in [5.41, 5.74) is 1.57. The maximum absolute atomic E-state index is 4.58. The molecule has 0 fully saturated rings. The highest BCUT2D eigenvalue weighted by atomic mass is 32.2. The smallest absolute Gasteiger partial charge is 0.0206 e. The van der Waals surface area contributed by atoms with Gasteiger partial charge >= 0.3 is 0 Å². The normalized spacial score (nSPS) is 11.8. The molecule has 2 heteroatoms. The van der Waals surface area contributed by atoms with Crippen LogP contribution in [0.1, 0.15) is 46.1 Å². The molecule has 1 rings (SSSR count). The van der Waals surface area contributed by atoms with Crippen molar-refractivity contribution in [2.75, 3.05) is 5.75 Å². The first-order valence-corrected chi connectivity index (χ1v) is 7.34. The largest absolute Gasteiger partial charge is 0.142 e. The van der Waals surface area contributed by atoms with E-state index in [0.717, 1.165) is 4.90 Å². The van der Waals surface area contributed by atoms with E-state index in [9.17, 15) is 0 Å². The van der Waals surface area contributed by atoms with E-state index >= 15 is 0 Å². The minimum absolute atomic E-state index is 0.212. The fourth-order valence-electron chi connectivity index (χ4n) is 1.43. The van der Waals surface area contributed by atoms with Crippen LogP contribution < -0.4 is 0 Å². The summed E-state index contributed by atoms with van der Waals surface area (Å²) >= 11 is 6.50. The molecular weight excluding hydrogens is 232 g/mol. The lowest BCUT2D eigenvalue weighted by Gasteiger charge is -2.20. The Hall–Kier alpha value is -0.0800. The van der Waals surface area contributed by atoms with Crippen molar-refractivity contribution in [1.29, 1.82) is 0 Å². The van der Waals surface area contributed by atoms with Gasteiger partial charge in [-0.3, -0.25) is 0 Å². The van der Waals surface area contributed by atoms with Gasteiger partial charge < -0.3 is 0 Å². The molecule has 0 heterocycles. The van der Waals surface area contributed by atoms with Gasteiger partial charge in [0.2, 0.25) is 0 Å². The Kier molecular flexibility index (Phi) is 5.26. The average molecular weight is 254 g/mol. The molecule has 0 aromatic heterocycles.